The van der Waals surface area contributed by atoms with E-state index in [9.17, 15) is 10.1 Å². The van der Waals surface area contributed by atoms with Gasteiger partial charge in [-0.2, -0.15) is 0 Å². The van der Waals surface area contributed by atoms with E-state index in [1.54, 1.807) is 0 Å². The maximum Gasteiger partial charge on any atom is 0.273 e. The molecule has 104 valence electrons. The summed E-state index contributed by atoms with van der Waals surface area (Å²) in [5.41, 5.74) is 4.80. The summed E-state index contributed by atoms with van der Waals surface area (Å²) in [5.74, 6) is 0.572. The average Bonchev–Trinajstić information content (AvgIpc) is 3.12. The van der Waals surface area contributed by atoms with Crippen molar-refractivity contribution < 1.29 is 23.9 Å². The first-order valence-electron chi connectivity index (χ1n) is 5.50. The van der Waals surface area contributed by atoms with Crippen LogP contribution in [0, 0.1) is 10.1 Å². The van der Waals surface area contributed by atoms with Crippen LogP contribution in [0.25, 0.3) is 0 Å². The fourth-order valence-electron chi connectivity index (χ4n) is 1.34. The maximum atomic E-state index is 10.7. The number of hydrogen-bond acceptors (Lipinski definition) is 7. The molecule has 1 aromatic carbocycles. The number of rotatable bonds is 7. The predicted octanol–water partition coefficient (Wildman–Crippen LogP) is 0.642. The molecule has 8 heteroatoms. The van der Waals surface area contributed by atoms with Crippen molar-refractivity contribution >= 4 is 5.69 Å². The zero-order valence-electron chi connectivity index (χ0n) is 10.3. The van der Waals surface area contributed by atoms with Gasteiger partial charge in [0, 0.05) is 13.2 Å². The Balaban J connectivity index is 2.13. The van der Waals surface area contributed by atoms with Crippen LogP contribution >= 0.6 is 0 Å². The van der Waals surface area contributed by atoms with Crippen molar-refractivity contribution in [3.05, 3.63) is 28.3 Å². The first kappa shape index (κ1) is 13.5. The van der Waals surface area contributed by atoms with E-state index in [0.29, 0.717) is 12.4 Å². The molecule has 1 fully saturated rings. The van der Waals surface area contributed by atoms with Crippen LogP contribution in [0.4, 0.5) is 5.69 Å². The quantitative estimate of drug-likeness (QED) is 0.335. The summed E-state index contributed by atoms with van der Waals surface area (Å²) in [6, 6.07) is 4.05. The normalized spacial score (nSPS) is 20.9. The van der Waals surface area contributed by atoms with Crippen LogP contribution in [0.3, 0.4) is 0 Å². The van der Waals surface area contributed by atoms with Gasteiger partial charge in [0.15, 0.2) is 24.0 Å². The minimum atomic E-state index is -0.802. The third kappa shape index (κ3) is 3.53. The molecule has 0 spiro atoms. The van der Waals surface area contributed by atoms with Gasteiger partial charge in [-0.3, -0.25) is 15.8 Å². The number of benzene rings is 1. The summed E-state index contributed by atoms with van der Waals surface area (Å²) in [4.78, 5) is 10.2. The fourth-order valence-corrected chi connectivity index (χ4v) is 1.34. The summed E-state index contributed by atoms with van der Waals surface area (Å²) >= 11 is 0. The second kappa shape index (κ2) is 5.39. The summed E-state index contributed by atoms with van der Waals surface area (Å²) in [5, 5.41) is 10.7. The third-order valence-corrected chi connectivity index (χ3v) is 2.46. The largest absolute Gasteiger partial charge is 0.485 e. The molecule has 2 rings (SSSR count). The van der Waals surface area contributed by atoms with Crippen molar-refractivity contribution in [2.75, 3.05) is 27.1 Å². The summed E-state index contributed by atoms with van der Waals surface area (Å²) in [6.07, 6.45) is 0. The van der Waals surface area contributed by atoms with Gasteiger partial charge in [0.1, 0.15) is 6.61 Å². The monoisotopic (exact) mass is 270 g/mol. The van der Waals surface area contributed by atoms with Crippen LogP contribution < -0.4 is 15.2 Å². The van der Waals surface area contributed by atoms with Crippen molar-refractivity contribution in [3.63, 3.8) is 0 Å². The SMILES string of the molecule is COCOc1ccc([N+](=O)[O-])cc1OCC1(N)CO1. The fraction of sp³-hybridized carbons (Fsp3) is 0.455. The number of nitrogens with zero attached hydrogens (tertiary/aromatic N) is 1. The van der Waals surface area contributed by atoms with E-state index >= 15 is 0 Å². The van der Waals surface area contributed by atoms with E-state index < -0.39 is 10.6 Å². The Kier molecular flexibility index (Phi) is 3.84. The first-order chi connectivity index (χ1) is 9.04. The Morgan fingerprint density at radius 1 is 1.47 bits per heavy atom. The molecule has 0 aromatic heterocycles. The van der Waals surface area contributed by atoms with Gasteiger partial charge in [-0.1, -0.05) is 0 Å². The number of epoxide rings is 1. The van der Waals surface area contributed by atoms with E-state index in [2.05, 4.69) is 0 Å². The lowest BCUT2D eigenvalue weighted by atomic mass is 10.3. The molecule has 8 nitrogen and oxygen atoms in total. The van der Waals surface area contributed by atoms with Gasteiger partial charge in [0.2, 0.25) is 0 Å². The smallest absolute Gasteiger partial charge is 0.273 e. The van der Waals surface area contributed by atoms with Crippen LogP contribution in [0.5, 0.6) is 11.5 Å². The standard InChI is InChI=1S/C11H14N2O6/c1-16-7-18-9-3-2-8(13(14)15)4-10(9)17-5-11(12)6-19-11/h2-4H,5-7,12H2,1H3. The lowest BCUT2D eigenvalue weighted by Gasteiger charge is -2.13. The van der Waals surface area contributed by atoms with Gasteiger partial charge in [0.25, 0.3) is 5.69 Å². The van der Waals surface area contributed by atoms with Crippen LogP contribution in [-0.2, 0) is 9.47 Å². The zero-order valence-corrected chi connectivity index (χ0v) is 10.3. The molecule has 0 amide bonds. The number of nitrogens with two attached hydrogens (primary N) is 1. The second-order valence-corrected chi connectivity index (χ2v) is 4.08. The molecule has 1 unspecified atom stereocenters. The molecule has 1 heterocycles. The highest BCUT2D eigenvalue weighted by Gasteiger charge is 2.41. The molecule has 0 radical (unpaired) electrons. The number of non-ortho nitro benzene ring substituents is 1. The number of ether oxygens (including phenoxy) is 4. The Hall–Kier alpha value is -1.90. The van der Waals surface area contributed by atoms with Crippen molar-refractivity contribution in [3.8, 4) is 11.5 Å². The van der Waals surface area contributed by atoms with Crippen LogP contribution in [-0.4, -0.2) is 37.8 Å². The topological polar surface area (TPSA) is 109 Å². The molecule has 19 heavy (non-hydrogen) atoms. The minimum Gasteiger partial charge on any atom is -0.485 e. The summed E-state index contributed by atoms with van der Waals surface area (Å²) in [6.45, 7) is 0.506. The number of hydrogen-bond donors (Lipinski definition) is 1. The van der Waals surface area contributed by atoms with Gasteiger partial charge in [-0.15, -0.1) is 0 Å². The summed E-state index contributed by atoms with van der Waals surface area (Å²) in [7, 11) is 1.47. The van der Waals surface area contributed by atoms with Crippen molar-refractivity contribution in [2.24, 2.45) is 5.73 Å². The molecular formula is C11H14N2O6. The molecule has 1 aliphatic rings. The first-order valence-corrected chi connectivity index (χ1v) is 5.50. The molecule has 1 aromatic rings. The maximum absolute atomic E-state index is 10.7. The highest BCUT2D eigenvalue weighted by Crippen LogP contribution is 2.33. The number of nitro groups is 1. The molecule has 0 bridgehead atoms. The number of methoxy groups -OCH3 is 1. The third-order valence-electron chi connectivity index (χ3n) is 2.46. The van der Waals surface area contributed by atoms with E-state index in [0.717, 1.165) is 0 Å². The second-order valence-electron chi connectivity index (χ2n) is 4.08. The molecule has 2 N–H and O–H groups in total. The van der Waals surface area contributed by atoms with Crippen molar-refractivity contribution in [1.29, 1.82) is 0 Å². The van der Waals surface area contributed by atoms with Crippen molar-refractivity contribution in [2.45, 2.75) is 5.72 Å². The highest BCUT2D eigenvalue weighted by molar-refractivity contribution is 5.48. The van der Waals surface area contributed by atoms with Gasteiger partial charge in [-0.05, 0) is 6.07 Å². The molecule has 1 atom stereocenters. The molecule has 1 aliphatic heterocycles. The predicted molar refractivity (Wildman–Crippen MR) is 64.0 cm³/mol. The molecule has 0 aliphatic carbocycles. The zero-order chi connectivity index (χ0) is 13.9. The minimum absolute atomic E-state index is 0.0123. The van der Waals surface area contributed by atoms with Gasteiger partial charge < -0.3 is 18.9 Å². The lowest BCUT2D eigenvalue weighted by Crippen LogP contribution is -2.31. The van der Waals surface area contributed by atoms with Crippen molar-refractivity contribution in [1.82, 2.24) is 0 Å². The Labute approximate surface area is 109 Å². The summed E-state index contributed by atoms with van der Waals surface area (Å²) < 4.78 is 20.4. The molecule has 1 saturated heterocycles. The van der Waals surface area contributed by atoms with Crippen LogP contribution in [0.1, 0.15) is 0 Å². The van der Waals surface area contributed by atoms with Gasteiger partial charge in [-0.25, -0.2) is 0 Å². The Bertz CT molecular complexity index is 474. The van der Waals surface area contributed by atoms with Crippen LogP contribution in [0.15, 0.2) is 18.2 Å². The molecular weight excluding hydrogens is 256 g/mol. The van der Waals surface area contributed by atoms with Crippen LogP contribution in [0.2, 0.25) is 0 Å². The van der Waals surface area contributed by atoms with Gasteiger partial charge >= 0.3 is 0 Å². The van der Waals surface area contributed by atoms with E-state index in [4.69, 9.17) is 24.7 Å². The molecule has 0 saturated carbocycles. The Morgan fingerprint density at radius 3 is 2.79 bits per heavy atom. The Morgan fingerprint density at radius 2 is 2.21 bits per heavy atom. The number of nitro benzene ring substituents is 1. The van der Waals surface area contributed by atoms with Gasteiger partial charge in [0.05, 0.1) is 17.6 Å². The average molecular weight is 270 g/mol. The highest BCUT2D eigenvalue weighted by atomic mass is 16.7. The van der Waals surface area contributed by atoms with E-state index in [1.165, 1.54) is 25.3 Å². The lowest BCUT2D eigenvalue weighted by molar-refractivity contribution is -0.385. The van der Waals surface area contributed by atoms with E-state index in [-0.39, 0.29) is 24.8 Å². The van der Waals surface area contributed by atoms with E-state index in [1.807, 2.05) is 0 Å².